The monoisotopic (exact) mass is 600 g/mol. The lowest BCUT2D eigenvalue weighted by Crippen LogP contribution is -2.27. The van der Waals surface area contributed by atoms with Gasteiger partial charge in [0.1, 0.15) is 22.2 Å². The highest BCUT2D eigenvalue weighted by Crippen LogP contribution is 2.41. The topological polar surface area (TPSA) is 102 Å². The predicted octanol–water partition coefficient (Wildman–Crippen LogP) is 5.43. The summed E-state index contributed by atoms with van der Waals surface area (Å²) in [5, 5.41) is 2.76. The number of amides is 1. The molecule has 2 aromatic carbocycles. The Balaban J connectivity index is 1.60. The molecule has 4 rings (SSSR count). The first-order chi connectivity index (χ1) is 18.0. The summed E-state index contributed by atoms with van der Waals surface area (Å²) in [6.45, 7) is 5.85. The second kappa shape index (κ2) is 11.2. The van der Waals surface area contributed by atoms with Crippen molar-refractivity contribution in [2.75, 3.05) is 6.54 Å². The first kappa shape index (κ1) is 27.7. The lowest BCUT2D eigenvalue weighted by Gasteiger charge is -2.15. The van der Waals surface area contributed by atoms with Gasteiger partial charge in [-0.15, -0.1) is 0 Å². The minimum atomic E-state index is -4.31. The lowest BCUT2D eigenvalue weighted by molar-refractivity contribution is -0.116. The highest BCUT2D eigenvalue weighted by atomic mass is 79.9. The van der Waals surface area contributed by atoms with Crippen LogP contribution in [-0.4, -0.2) is 31.6 Å². The van der Waals surface area contributed by atoms with E-state index in [9.17, 15) is 22.4 Å². The van der Waals surface area contributed by atoms with Gasteiger partial charge in [0.25, 0.3) is 5.91 Å². The van der Waals surface area contributed by atoms with E-state index in [-0.39, 0.29) is 53.0 Å². The minimum absolute atomic E-state index is 0.0419. The third-order valence-corrected chi connectivity index (χ3v) is 8.05. The van der Waals surface area contributed by atoms with Gasteiger partial charge in [0.2, 0.25) is 0 Å². The predicted molar refractivity (Wildman–Crippen MR) is 144 cm³/mol. The van der Waals surface area contributed by atoms with Crippen LogP contribution >= 0.6 is 15.9 Å². The summed E-state index contributed by atoms with van der Waals surface area (Å²) in [6, 6.07) is 11.4. The third-order valence-electron chi connectivity index (χ3n) is 6.31. The second-order valence-electron chi connectivity index (χ2n) is 9.23. The summed E-state index contributed by atoms with van der Waals surface area (Å²) in [5.74, 6) is -1.76. The smallest absolute Gasteiger partial charge is 0.338 e. The Bertz CT molecular complexity index is 1510. The first-order valence-electron chi connectivity index (χ1n) is 11.9. The zero-order valence-electron chi connectivity index (χ0n) is 21.0. The normalized spacial score (nSPS) is 15.6. The summed E-state index contributed by atoms with van der Waals surface area (Å²) in [4.78, 5) is 29.9. The molecule has 0 radical (unpaired) electrons. The molecule has 0 aliphatic heterocycles. The van der Waals surface area contributed by atoms with Gasteiger partial charge in [-0.25, -0.2) is 9.37 Å². The van der Waals surface area contributed by atoms with Gasteiger partial charge in [-0.1, -0.05) is 17.7 Å². The Morgan fingerprint density at radius 1 is 1.11 bits per heavy atom. The van der Waals surface area contributed by atoms with Crippen LogP contribution in [0.3, 0.4) is 0 Å². The molecule has 1 amide bonds. The number of carbonyl (C=O) groups is 2. The number of pyridine rings is 1. The molecule has 10 heteroatoms. The van der Waals surface area contributed by atoms with E-state index in [0.717, 1.165) is 45.4 Å². The number of benzene rings is 2. The van der Waals surface area contributed by atoms with Gasteiger partial charge in [-0.3, -0.25) is 9.59 Å². The van der Waals surface area contributed by atoms with Crippen LogP contribution in [0, 0.1) is 32.5 Å². The highest BCUT2D eigenvalue weighted by molar-refractivity contribution is 9.10. The molecule has 0 saturated heterocycles. The van der Waals surface area contributed by atoms with Crippen molar-refractivity contribution in [2.45, 2.75) is 38.5 Å². The number of nitrogens with one attached hydrogen (secondary N) is 1. The van der Waals surface area contributed by atoms with Gasteiger partial charge < -0.3 is 9.50 Å². The van der Waals surface area contributed by atoms with Crippen LogP contribution in [0.25, 0.3) is 5.57 Å². The molecule has 0 spiro atoms. The molecule has 0 saturated carbocycles. The standard InChI is InChI=1S/C28H26BrFN2O5S/c1-16-12-17(2)25(18(3)13-16)26-24(37-38(35,36)22-7-5-21(30)6-8-22)14-19(27(26)33)10-11-31-28(34)23-9-4-20(29)15-32-23/h4-9,12-13,15,19H,10-11,14H2,1-3H3,(H,31,34). The molecule has 1 N–H and O–H groups in total. The largest absolute Gasteiger partial charge is 0.383 e. The van der Waals surface area contributed by atoms with Gasteiger partial charge >= 0.3 is 10.1 Å². The summed E-state index contributed by atoms with van der Waals surface area (Å²) in [7, 11) is -4.31. The zero-order chi connectivity index (χ0) is 27.6. The molecular formula is C28H26BrFN2O5S. The minimum Gasteiger partial charge on any atom is -0.383 e. The van der Waals surface area contributed by atoms with Crippen molar-refractivity contribution < 1.29 is 26.6 Å². The Labute approximate surface area is 229 Å². The van der Waals surface area contributed by atoms with E-state index in [0.29, 0.717) is 5.56 Å². The molecule has 1 aromatic heterocycles. The number of carbonyl (C=O) groups excluding carboxylic acids is 2. The van der Waals surface area contributed by atoms with E-state index in [1.807, 2.05) is 32.9 Å². The van der Waals surface area contributed by atoms with Crippen LogP contribution < -0.4 is 5.32 Å². The maximum Gasteiger partial charge on any atom is 0.338 e. The summed E-state index contributed by atoms with van der Waals surface area (Å²) < 4.78 is 45.7. The zero-order valence-corrected chi connectivity index (χ0v) is 23.4. The quantitative estimate of drug-likeness (QED) is 0.346. The van der Waals surface area contributed by atoms with Crippen molar-refractivity contribution >= 4 is 43.3 Å². The molecule has 0 fully saturated rings. The maximum atomic E-state index is 13.6. The number of hydrogen-bond acceptors (Lipinski definition) is 6. The van der Waals surface area contributed by atoms with Crippen LogP contribution in [0.1, 0.15) is 45.6 Å². The number of halogens is 2. The van der Waals surface area contributed by atoms with Crippen molar-refractivity contribution in [1.29, 1.82) is 0 Å². The fourth-order valence-electron chi connectivity index (χ4n) is 4.65. The molecule has 7 nitrogen and oxygen atoms in total. The SMILES string of the molecule is Cc1cc(C)c(C2=C(OS(=O)(=O)c3ccc(F)cc3)CC(CCNC(=O)c3ccc(Br)cn3)C2=O)c(C)c1. The number of ketones is 1. The van der Waals surface area contributed by atoms with E-state index >= 15 is 0 Å². The highest BCUT2D eigenvalue weighted by Gasteiger charge is 2.38. The third kappa shape index (κ3) is 6.02. The van der Waals surface area contributed by atoms with Gasteiger partial charge in [-0.2, -0.15) is 8.42 Å². The Morgan fingerprint density at radius 2 is 1.76 bits per heavy atom. The summed E-state index contributed by atoms with van der Waals surface area (Å²) in [5.41, 5.74) is 3.75. The molecule has 38 heavy (non-hydrogen) atoms. The fraction of sp³-hybridized carbons (Fsp3) is 0.250. The van der Waals surface area contributed by atoms with Crippen LogP contribution in [-0.2, 0) is 19.1 Å². The summed E-state index contributed by atoms with van der Waals surface area (Å²) in [6.07, 6.45) is 1.84. The second-order valence-corrected chi connectivity index (χ2v) is 11.7. The van der Waals surface area contributed by atoms with Gasteiger partial charge in [0.15, 0.2) is 5.78 Å². The molecule has 1 heterocycles. The molecular weight excluding hydrogens is 575 g/mol. The van der Waals surface area contributed by atoms with E-state index in [4.69, 9.17) is 4.18 Å². The van der Waals surface area contributed by atoms with Crippen molar-refractivity contribution in [3.05, 3.63) is 98.7 Å². The van der Waals surface area contributed by atoms with Crippen LogP contribution in [0.2, 0.25) is 0 Å². The number of nitrogens with zero attached hydrogens (tertiary/aromatic N) is 1. The Morgan fingerprint density at radius 3 is 2.37 bits per heavy atom. The van der Waals surface area contributed by atoms with E-state index in [1.165, 1.54) is 6.20 Å². The van der Waals surface area contributed by atoms with Crippen LogP contribution in [0.5, 0.6) is 0 Å². The molecule has 1 unspecified atom stereocenters. The number of hydrogen-bond donors (Lipinski definition) is 1. The average Bonchev–Trinajstić information content (AvgIpc) is 3.13. The van der Waals surface area contributed by atoms with Crippen molar-refractivity contribution in [3.63, 3.8) is 0 Å². The summed E-state index contributed by atoms with van der Waals surface area (Å²) >= 11 is 3.27. The van der Waals surface area contributed by atoms with Crippen molar-refractivity contribution in [3.8, 4) is 0 Å². The number of Topliss-reactive ketones (excluding diaryl/α,β-unsaturated/α-hetero) is 1. The van der Waals surface area contributed by atoms with E-state index in [1.54, 1.807) is 12.1 Å². The molecule has 1 aliphatic carbocycles. The van der Waals surface area contributed by atoms with Crippen LogP contribution in [0.15, 0.2) is 69.9 Å². The van der Waals surface area contributed by atoms with Gasteiger partial charge in [0, 0.05) is 29.6 Å². The number of allylic oxidation sites excluding steroid dienone is 2. The molecule has 3 aromatic rings. The Kier molecular flexibility index (Phi) is 8.13. The van der Waals surface area contributed by atoms with Crippen molar-refractivity contribution in [1.82, 2.24) is 10.3 Å². The van der Waals surface area contributed by atoms with Crippen molar-refractivity contribution in [2.24, 2.45) is 5.92 Å². The molecule has 0 bridgehead atoms. The van der Waals surface area contributed by atoms with E-state index < -0.39 is 21.9 Å². The number of rotatable bonds is 8. The molecule has 1 aliphatic rings. The average molecular weight is 601 g/mol. The van der Waals surface area contributed by atoms with Gasteiger partial charge in [-0.05, 0) is 96.2 Å². The molecule has 1 atom stereocenters. The van der Waals surface area contributed by atoms with Crippen LogP contribution in [0.4, 0.5) is 4.39 Å². The molecule has 198 valence electrons. The lowest BCUT2D eigenvalue weighted by atomic mass is 9.90. The van der Waals surface area contributed by atoms with E-state index in [2.05, 4.69) is 26.2 Å². The van der Waals surface area contributed by atoms with Gasteiger partial charge in [0.05, 0.1) is 5.57 Å². The number of aryl methyl sites for hydroxylation is 3. The fourth-order valence-corrected chi connectivity index (χ4v) is 5.86. The first-order valence-corrected chi connectivity index (χ1v) is 14.1. The Hall–Kier alpha value is -3.37. The maximum absolute atomic E-state index is 13.6. The number of aromatic nitrogens is 1.